The van der Waals surface area contributed by atoms with Gasteiger partial charge in [0.25, 0.3) is 0 Å². The Morgan fingerprint density at radius 2 is 2.29 bits per heavy atom. The van der Waals surface area contributed by atoms with Crippen LogP contribution in [-0.2, 0) is 17.7 Å². The van der Waals surface area contributed by atoms with Gasteiger partial charge < -0.3 is 10.1 Å². The van der Waals surface area contributed by atoms with E-state index in [1.54, 1.807) is 18.9 Å². The predicted molar refractivity (Wildman–Crippen MR) is 88.4 cm³/mol. The zero-order chi connectivity index (χ0) is 15.1. The third-order valence-corrected chi connectivity index (χ3v) is 4.93. The molecule has 0 radical (unpaired) electrons. The highest BCUT2D eigenvalue weighted by Gasteiger charge is 2.09. The van der Waals surface area contributed by atoms with Crippen molar-refractivity contribution in [3.8, 4) is 0 Å². The molecule has 1 N–H and O–H groups in total. The Balaban J connectivity index is 2.06. The van der Waals surface area contributed by atoms with Crippen LogP contribution >= 0.6 is 34.9 Å². The molecule has 4 nitrogen and oxygen atoms in total. The van der Waals surface area contributed by atoms with Crippen molar-refractivity contribution in [2.45, 2.75) is 29.1 Å². The second-order valence-electron chi connectivity index (χ2n) is 4.35. The molecule has 0 amide bonds. The molecule has 7 heteroatoms. The molecule has 0 bridgehead atoms. The molecule has 0 saturated heterocycles. The largest absolute Gasteiger partial charge is 0.383 e. The average Bonchev–Trinajstić information content (AvgIpc) is 2.94. The van der Waals surface area contributed by atoms with E-state index in [-0.39, 0.29) is 0 Å². The topological polar surface area (TPSA) is 47.0 Å². The third-order valence-electron chi connectivity index (χ3n) is 2.78. The maximum atomic E-state index is 6.10. The first kappa shape index (κ1) is 16.7. The molecule has 0 aliphatic rings. The van der Waals surface area contributed by atoms with Crippen molar-refractivity contribution in [1.29, 1.82) is 0 Å². The SMILES string of the molecule is CCc1nsc(Sc2ccc(Cl)cc2CNCCOC)n1. The summed E-state index contributed by atoms with van der Waals surface area (Å²) in [5, 5.41) is 4.09. The van der Waals surface area contributed by atoms with Gasteiger partial charge in [0, 0.05) is 36.5 Å². The molecule has 114 valence electrons. The van der Waals surface area contributed by atoms with Crippen LogP contribution in [0.3, 0.4) is 0 Å². The minimum absolute atomic E-state index is 0.694. The van der Waals surface area contributed by atoms with E-state index in [0.29, 0.717) is 6.61 Å². The Labute approximate surface area is 138 Å². The minimum atomic E-state index is 0.694. The zero-order valence-corrected chi connectivity index (χ0v) is 14.4. The maximum absolute atomic E-state index is 6.10. The van der Waals surface area contributed by atoms with Gasteiger partial charge in [0.05, 0.1) is 6.61 Å². The van der Waals surface area contributed by atoms with Crippen LogP contribution < -0.4 is 5.32 Å². The lowest BCUT2D eigenvalue weighted by molar-refractivity contribution is 0.199. The van der Waals surface area contributed by atoms with Crippen molar-refractivity contribution >= 4 is 34.9 Å². The minimum Gasteiger partial charge on any atom is -0.383 e. The van der Waals surface area contributed by atoms with E-state index < -0.39 is 0 Å². The molecule has 2 aromatic rings. The summed E-state index contributed by atoms with van der Waals surface area (Å²) in [5.74, 6) is 0.899. The molecule has 0 aliphatic carbocycles. The lowest BCUT2D eigenvalue weighted by atomic mass is 10.2. The Hall–Kier alpha value is -0.660. The van der Waals surface area contributed by atoms with E-state index in [2.05, 4.69) is 21.6 Å². The normalized spacial score (nSPS) is 11.0. The van der Waals surface area contributed by atoms with E-state index in [1.165, 1.54) is 11.5 Å². The Kier molecular flexibility index (Phi) is 6.92. The Morgan fingerprint density at radius 3 is 3.00 bits per heavy atom. The quantitative estimate of drug-likeness (QED) is 0.741. The molecule has 0 spiro atoms. The number of halogens is 1. The highest BCUT2D eigenvalue weighted by atomic mass is 35.5. The molecule has 2 rings (SSSR count). The summed E-state index contributed by atoms with van der Waals surface area (Å²) in [6, 6.07) is 5.93. The molecule has 0 aliphatic heterocycles. The molecule has 1 aromatic carbocycles. The van der Waals surface area contributed by atoms with Crippen LogP contribution in [0, 0.1) is 0 Å². The first-order valence-electron chi connectivity index (χ1n) is 6.71. The number of methoxy groups -OCH3 is 1. The standard InChI is InChI=1S/C14H18ClN3OS2/c1-3-13-17-14(21-18-13)20-12-5-4-11(15)8-10(12)9-16-6-7-19-2/h4-5,8,16H,3,6-7,9H2,1-2H3. The zero-order valence-electron chi connectivity index (χ0n) is 12.1. The number of nitrogens with zero attached hydrogens (tertiary/aromatic N) is 2. The summed E-state index contributed by atoms with van der Waals surface area (Å²) in [5.41, 5.74) is 1.16. The van der Waals surface area contributed by atoms with Gasteiger partial charge in [-0.05, 0) is 35.3 Å². The van der Waals surface area contributed by atoms with Gasteiger partial charge in [-0.2, -0.15) is 4.37 Å². The lowest BCUT2D eigenvalue weighted by Crippen LogP contribution is -2.18. The van der Waals surface area contributed by atoms with Gasteiger partial charge in [-0.25, -0.2) is 4.98 Å². The summed E-state index contributed by atoms with van der Waals surface area (Å²) in [7, 11) is 1.70. The molecule has 0 atom stereocenters. The first-order valence-corrected chi connectivity index (χ1v) is 8.68. The van der Waals surface area contributed by atoms with Gasteiger partial charge >= 0.3 is 0 Å². The van der Waals surface area contributed by atoms with Crippen LogP contribution in [0.2, 0.25) is 5.02 Å². The predicted octanol–water partition coefficient (Wildman–Crippen LogP) is 3.64. The fraction of sp³-hybridized carbons (Fsp3) is 0.429. The van der Waals surface area contributed by atoms with Crippen LogP contribution in [0.25, 0.3) is 0 Å². The third kappa shape index (κ3) is 5.23. The number of hydrogen-bond donors (Lipinski definition) is 1. The van der Waals surface area contributed by atoms with Crippen molar-refractivity contribution in [2.75, 3.05) is 20.3 Å². The monoisotopic (exact) mass is 343 g/mol. The summed E-state index contributed by atoms with van der Waals surface area (Å²) in [4.78, 5) is 5.65. The average molecular weight is 344 g/mol. The number of aromatic nitrogens is 2. The molecule has 1 aromatic heterocycles. The van der Waals surface area contributed by atoms with Crippen molar-refractivity contribution in [1.82, 2.24) is 14.7 Å². The number of benzene rings is 1. The highest BCUT2D eigenvalue weighted by molar-refractivity contribution is 8.01. The van der Waals surface area contributed by atoms with E-state index in [9.17, 15) is 0 Å². The second-order valence-corrected chi connectivity index (χ2v) is 6.83. The van der Waals surface area contributed by atoms with E-state index in [1.807, 2.05) is 18.2 Å². The van der Waals surface area contributed by atoms with E-state index >= 15 is 0 Å². The summed E-state index contributed by atoms with van der Waals surface area (Å²) in [6.07, 6.45) is 0.864. The Morgan fingerprint density at radius 1 is 1.43 bits per heavy atom. The van der Waals surface area contributed by atoms with Crippen molar-refractivity contribution in [2.24, 2.45) is 0 Å². The van der Waals surface area contributed by atoms with E-state index in [0.717, 1.165) is 45.2 Å². The highest BCUT2D eigenvalue weighted by Crippen LogP contribution is 2.33. The van der Waals surface area contributed by atoms with Crippen molar-refractivity contribution in [3.63, 3.8) is 0 Å². The van der Waals surface area contributed by atoms with Crippen LogP contribution in [0.15, 0.2) is 27.4 Å². The van der Waals surface area contributed by atoms with Crippen LogP contribution in [-0.4, -0.2) is 29.6 Å². The van der Waals surface area contributed by atoms with Crippen LogP contribution in [0.1, 0.15) is 18.3 Å². The molecule has 0 saturated carbocycles. The fourth-order valence-electron chi connectivity index (χ4n) is 1.70. The second kappa shape index (κ2) is 8.70. The number of aryl methyl sites for hydroxylation is 1. The summed E-state index contributed by atoms with van der Waals surface area (Å²) >= 11 is 9.18. The lowest BCUT2D eigenvalue weighted by Gasteiger charge is -2.09. The molecular formula is C14H18ClN3OS2. The summed E-state index contributed by atoms with van der Waals surface area (Å²) in [6.45, 7) is 4.32. The molecular weight excluding hydrogens is 326 g/mol. The Bertz CT molecular complexity index is 577. The maximum Gasteiger partial charge on any atom is 0.174 e. The number of rotatable bonds is 8. The fourth-order valence-corrected chi connectivity index (χ4v) is 3.66. The molecule has 0 unspecified atom stereocenters. The van der Waals surface area contributed by atoms with Gasteiger partial charge in [0.2, 0.25) is 0 Å². The van der Waals surface area contributed by atoms with E-state index in [4.69, 9.17) is 16.3 Å². The molecule has 1 heterocycles. The number of ether oxygens (including phenoxy) is 1. The van der Waals surface area contributed by atoms with Gasteiger partial charge in [-0.3, -0.25) is 0 Å². The number of nitrogens with one attached hydrogen (secondary N) is 1. The van der Waals surface area contributed by atoms with Crippen molar-refractivity contribution in [3.05, 3.63) is 34.6 Å². The van der Waals surface area contributed by atoms with Gasteiger partial charge in [0.1, 0.15) is 5.82 Å². The smallest absolute Gasteiger partial charge is 0.174 e. The van der Waals surface area contributed by atoms with Crippen LogP contribution in [0.4, 0.5) is 0 Å². The van der Waals surface area contributed by atoms with Gasteiger partial charge in [-0.1, -0.05) is 30.3 Å². The number of hydrogen-bond acceptors (Lipinski definition) is 6. The van der Waals surface area contributed by atoms with Crippen LogP contribution in [0.5, 0.6) is 0 Å². The van der Waals surface area contributed by atoms with Gasteiger partial charge in [0.15, 0.2) is 4.34 Å². The molecule has 21 heavy (non-hydrogen) atoms. The summed E-state index contributed by atoms with van der Waals surface area (Å²) < 4.78 is 10.3. The first-order chi connectivity index (χ1) is 10.2. The van der Waals surface area contributed by atoms with Gasteiger partial charge in [-0.15, -0.1) is 0 Å². The van der Waals surface area contributed by atoms with Crippen molar-refractivity contribution < 1.29 is 4.74 Å². The molecule has 0 fully saturated rings.